The van der Waals surface area contributed by atoms with Gasteiger partial charge in [-0.15, -0.1) is 0 Å². The summed E-state index contributed by atoms with van der Waals surface area (Å²) < 4.78 is 20.5. The second kappa shape index (κ2) is 5.01. The van der Waals surface area contributed by atoms with Crippen molar-refractivity contribution in [2.75, 3.05) is 20.3 Å². The lowest BCUT2D eigenvalue weighted by atomic mass is 10.1. The Bertz CT molecular complexity index is 656. The Balaban J connectivity index is 2.06. The van der Waals surface area contributed by atoms with Gasteiger partial charge in [0.1, 0.15) is 5.69 Å². The molecular weight excluding hydrogens is 263 g/mol. The second-order valence-electron chi connectivity index (χ2n) is 4.53. The number of carbonyl (C=O) groups excluding carboxylic acids is 1. The van der Waals surface area contributed by atoms with Crippen molar-refractivity contribution in [1.82, 2.24) is 20.1 Å². The summed E-state index contributed by atoms with van der Waals surface area (Å²) in [5.74, 6) is -0.683. The first-order valence-corrected chi connectivity index (χ1v) is 6.17. The summed E-state index contributed by atoms with van der Waals surface area (Å²) in [6.07, 6.45) is 2.61. The van der Waals surface area contributed by atoms with Crippen LogP contribution in [0.2, 0.25) is 0 Å². The number of fused-ring (bicyclic) bond motifs is 1. The van der Waals surface area contributed by atoms with Crippen molar-refractivity contribution in [2.45, 2.75) is 6.04 Å². The first-order valence-electron chi connectivity index (χ1n) is 6.17. The number of rotatable bonds is 3. The Kier molecular flexibility index (Phi) is 3.19. The van der Waals surface area contributed by atoms with E-state index in [0.29, 0.717) is 30.1 Å². The summed E-state index contributed by atoms with van der Waals surface area (Å²) >= 11 is 0. The Labute approximate surface area is 114 Å². The predicted octanol–water partition coefficient (Wildman–Crippen LogP) is 1.02. The molecule has 2 aromatic rings. The number of pyridine rings is 1. The van der Waals surface area contributed by atoms with Crippen molar-refractivity contribution in [3.63, 3.8) is 0 Å². The van der Waals surface area contributed by atoms with Crippen LogP contribution in [0.15, 0.2) is 24.5 Å². The smallest absolute Gasteiger partial charge is 0.269 e. The lowest BCUT2D eigenvalue weighted by Gasteiger charge is -2.23. The largest absolute Gasteiger partial charge is 0.382 e. The number of hydrogen-bond donors (Lipinski definition) is 1. The maximum atomic E-state index is 13.7. The first kappa shape index (κ1) is 12.7. The highest BCUT2D eigenvalue weighted by molar-refractivity contribution is 5.94. The van der Waals surface area contributed by atoms with Crippen molar-refractivity contribution < 1.29 is 13.9 Å². The van der Waals surface area contributed by atoms with Crippen LogP contribution in [0.3, 0.4) is 0 Å². The highest BCUT2D eigenvalue weighted by atomic mass is 19.1. The van der Waals surface area contributed by atoms with E-state index in [-0.39, 0.29) is 11.9 Å². The van der Waals surface area contributed by atoms with E-state index in [2.05, 4.69) is 15.4 Å². The molecule has 0 saturated heterocycles. The third kappa shape index (κ3) is 2.05. The number of hydrogen-bond acceptors (Lipinski definition) is 4. The van der Waals surface area contributed by atoms with Crippen LogP contribution < -0.4 is 5.32 Å². The summed E-state index contributed by atoms with van der Waals surface area (Å²) in [6, 6.07) is 3.02. The summed E-state index contributed by atoms with van der Waals surface area (Å²) in [5, 5.41) is 7.11. The Morgan fingerprint density at radius 2 is 2.45 bits per heavy atom. The molecule has 1 amide bonds. The van der Waals surface area contributed by atoms with E-state index in [0.717, 1.165) is 6.20 Å². The molecule has 3 heterocycles. The molecule has 0 aromatic carbocycles. The summed E-state index contributed by atoms with van der Waals surface area (Å²) in [4.78, 5) is 15.5. The average molecular weight is 276 g/mol. The quantitative estimate of drug-likeness (QED) is 0.908. The van der Waals surface area contributed by atoms with Gasteiger partial charge < -0.3 is 10.1 Å². The number of halogens is 1. The van der Waals surface area contributed by atoms with Crippen LogP contribution in [0.5, 0.6) is 0 Å². The number of aromatic nitrogens is 3. The molecular formula is C13H13FN4O2. The van der Waals surface area contributed by atoms with Gasteiger partial charge in [0.25, 0.3) is 5.91 Å². The minimum absolute atomic E-state index is 0.0913. The highest BCUT2D eigenvalue weighted by Crippen LogP contribution is 2.25. The fourth-order valence-electron chi connectivity index (χ4n) is 2.27. The van der Waals surface area contributed by atoms with E-state index in [1.165, 1.54) is 12.3 Å². The molecule has 104 valence electrons. The number of nitrogens with zero attached hydrogens (tertiary/aromatic N) is 3. The molecule has 1 atom stereocenters. The van der Waals surface area contributed by atoms with E-state index in [4.69, 9.17) is 4.74 Å². The second-order valence-corrected chi connectivity index (χ2v) is 4.53. The molecule has 7 heteroatoms. The molecule has 0 bridgehead atoms. The maximum absolute atomic E-state index is 13.7. The monoisotopic (exact) mass is 276 g/mol. The third-order valence-corrected chi connectivity index (χ3v) is 3.22. The average Bonchev–Trinajstić information content (AvgIpc) is 2.88. The molecule has 1 N–H and O–H groups in total. The summed E-state index contributed by atoms with van der Waals surface area (Å²) in [5.41, 5.74) is 1.15. The van der Waals surface area contributed by atoms with E-state index in [9.17, 15) is 9.18 Å². The van der Waals surface area contributed by atoms with Gasteiger partial charge in [-0.05, 0) is 12.1 Å². The van der Waals surface area contributed by atoms with Crippen molar-refractivity contribution in [3.05, 3.63) is 36.0 Å². The third-order valence-electron chi connectivity index (χ3n) is 3.22. The lowest BCUT2D eigenvalue weighted by molar-refractivity contribution is 0.0861. The van der Waals surface area contributed by atoms with Crippen molar-refractivity contribution in [2.24, 2.45) is 0 Å². The van der Waals surface area contributed by atoms with Crippen LogP contribution in [0.1, 0.15) is 16.5 Å². The zero-order valence-corrected chi connectivity index (χ0v) is 10.8. The molecule has 0 fully saturated rings. The van der Waals surface area contributed by atoms with E-state index < -0.39 is 5.82 Å². The number of amides is 1. The number of methoxy groups -OCH3 is 1. The number of carbonyl (C=O) groups is 1. The minimum atomic E-state index is -0.466. The fourth-order valence-corrected chi connectivity index (χ4v) is 2.27. The fraction of sp³-hybridized carbons (Fsp3) is 0.308. The van der Waals surface area contributed by atoms with Gasteiger partial charge in [-0.1, -0.05) is 0 Å². The topological polar surface area (TPSA) is 69.0 Å². The Hall–Kier alpha value is -2.28. The maximum Gasteiger partial charge on any atom is 0.269 e. The van der Waals surface area contributed by atoms with E-state index >= 15 is 0 Å². The zero-order valence-electron chi connectivity index (χ0n) is 10.8. The molecule has 1 aliphatic heterocycles. The van der Waals surface area contributed by atoms with Crippen LogP contribution in [0.25, 0.3) is 11.3 Å². The Morgan fingerprint density at radius 1 is 1.60 bits per heavy atom. The molecule has 2 aromatic heterocycles. The lowest BCUT2D eigenvalue weighted by Crippen LogP contribution is -2.40. The van der Waals surface area contributed by atoms with Crippen LogP contribution in [0, 0.1) is 5.82 Å². The zero-order chi connectivity index (χ0) is 14.1. The van der Waals surface area contributed by atoms with Gasteiger partial charge in [0.05, 0.1) is 24.5 Å². The highest BCUT2D eigenvalue weighted by Gasteiger charge is 2.27. The van der Waals surface area contributed by atoms with Crippen LogP contribution in [-0.2, 0) is 4.74 Å². The molecule has 6 nitrogen and oxygen atoms in total. The SMILES string of the molecule is COC[C@@H]1CNC(=O)c2cc(-c3ccncc3F)nn21. The van der Waals surface area contributed by atoms with Crippen molar-refractivity contribution in [3.8, 4) is 11.3 Å². The molecule has 0 unspecified atom stereocenters. The molecule has 20 heavy (non-hydrogen) atoms. The van der Waals surface area contributed by atoms with Gasteiger partial charge in [-0.25, -0.2) is 4.39 Å². The van der Waals surface area contributed by atoms with Crippen LogP contribution in [-0.4, -0.2) is 40.9 Å². The van der Waals surface area contributed by atoms with Crippen molar-refractivity contribution in [1.29, 1.82) is 0 Å². The molecule has 0 spiro atoms. The van der Waals surface area contributed by atoms with Gasteiger partial charge in [-0.3, -0.25) is 14.5 Å². The van der Waals surface area contributed by atoms with E-state index in [1.54, 1.807) is 17.9 Å². The molecule has 0 radical (unpaired) electrons. The number of ether oxygens (including phenoxy) is 1. The van der Waals surface area contributed by atoms with Gasteiger partial charge in [0.2, 0.25) is 0 Å². The van der Waals surface area contributed by atoms with Crippen molar-refractivity contribution >= 4 is 5.91 Å². The molecule has 0 aliphatic carbocycles. The summed E-state index contributed by atoms with van der Waals surface area (Å²) in [6.45, 7) is 0.868. The van der Waals surface area contributed by atoms with Gasteiger partial charge >= 0.3 is 0 Å². The molecule has 1 aliphatic rings. The molecule has 3 rings (SSSR count). The Morgan fingerprint density at radius 3 is 3.20 bits per heavy atom. The van der Waals surface area contributed by atoms with Gasteiger partial charge in [-0.2, -0.15) is 5.10 Å². The standard InChI is InChI=1S/C13H13FN4O2/c1-20-7-8-5-16-13(19)12-4-11(17-18(8)12)9-2-3-15-6-10(9)14/h2-4,6,8H,5,7H2,1H3,(H,16,19)/t8-/m0/s1. The van der Waals surface area contributed by atoms with Crippen LogP contribution in [0.4, 0.5) is 4.39 Å². The first-order chi connectivity index (χ1) is 9.70. The molecule has 0 saturated carbocycles. The predicted molar refractivity (Wildman–Crippen MR) is 68.7 cm³/mol. The van der Waals surface area contributed by atoms with Crippen LogP contribution >= 0.6 is 0 Å². The summed E-state index contributed by atoms with van der Waals surface area (Å²) in [7, 11) is 1.59. The van der Waals surface area contributed by atoms with E-state index in [1.807, 2.05) is 0 Å². The van der Waals surface area contributed by atoms with Gasteiger partial charge in [0.15, 0.2) is 5.82 Å². The van der Waals surface area contributed by atoms with Gasteiger partial charge in [0, 0.05) is 25.4 Å². The number of nitrogens with one attached hydrogen (secondary N) is 1. The normalized spacial score (nSPS) is 17.7. The minimum Gasteiger partial charge on any atom is -0.382 e.